The van der Waals surface area contributed by atoms with Gasteiger partial charge in [0.1, 0.15) is 0 Å². The molecule has 1 heterocycles. The third-order valence-electron chi connectivity index (χ3n) is 4.09. The summed E-state index contributed by atoms with van der Waals surface area (Å²) in [5.74, 6) is 1.51. The van der Waals surface area contributed by atoms with Gasteiger partial charge in [-0.15, -0.1) is 0 Å². The number of nitrogens with zero attached hydrogens (tertiary/aromatic N) is 1. The van der Waals surface area contributed by atoms with E-state index in [9.17, 15) is 5.11 Å². The molecule has 0 aromatic heterocycles. The summed E-state index contributed by atoms with van der Waals surface area (Å²) in [6, 6.07) is 5.98. The molecule has 0 amide bonds. The third kappa shape index (κ3) is 4.35. The predicted molar refractivity (Wildman–Crippen MR) is 87.7 cm³/mol. The highest BCUT2D eigenvalue weighted by Crippen LogP contribution is 2.32. The molecule has 1 atom stereocenters. The predicted octanol–water partition coefficient (Wildman–Crippen LogP) is 1.81. The molecule has 0 spiro atoms. The summed E-state index contributed by atoms with van der Waals surface area (Å²) in [5.41, 5.74) is 1.08. The Hall–Kier alpha value is -1.30. The quantitative estimate of drug-likeness (QED) is 0.718. The van der Waals surface area contributed by atoms with Crippen LogP contribution in [0.25, 0.3) is 0 Å². The van der Waals surface area contributed by atoms with Crippen molar-refractivity contribution in [2.45, 2.75) is 25.8 Å². The number of piperazine rings is 1. The van der Waals surface area contributed by atoms with E-state index in [2.05, 4.69) is 17.1 Å². The summed E-state index contributed by atoms with van der Waals surface area (Å²) in [6.07, 6.45) is 2.12. The van der Waals surface area contributed by atoms with Crippen molar-refractivity contribution in [2.24, 2.45) is 0 Å². The van der Waals surface area contributed by atoms with E-state index in [0.717, 1.165) is 56.1 Å². The minimum absolute atomic E-state index is 0.0153. The van der Waals surface area contributed by atoms with Crippen molar-refractivity contribution in [1.82, 2.24) is 10.2 Å². The first kappa shape index (κ1) is 17.1. The largest absolute Gasteiger partial charge is 0.493 e. The number of benzene rings is 1. The number of hydrogen-bond acceptors (Lipinski definition) is 5. The van der Waals surface area contributed by atoms with Gasteiger partial charge in [0.2, 0.25) is 0 Å². The average Bonchev–Trinajstić information content (AvgIpc) is 2.57. The molecule has 2 rings (SSSR count). The number of aliphatic hydroxyl groups is 1. The van der Waals surface area contributed by atoms with Crippen LogP contribution in [0.5, 0.6) is 11.5 Å². The van der Waals surface area contributed by atoms with E-state index in [1.807, 2.05) is 18.2 Å². The summed E-state index contributed by atoms with van der Waals surface area (Å²) in [6.45, 7) is 6.77. The molecule has 0 radical (unpaired) electrons. The minimum atomic E-state index is 0.0153. The highest BCUT2D eigenvalue weighted by Gasteiger charge is 2.22. The van der Waals surface area contributed by atoms with Gasteiger partial charge in [-0.25, -0.2) is 0 Å². The van der Waals surface area contributed by atoms with Crippen molar-refractivity contribution in [3.63, 3.8) is 0 Å². The number of unbranched alkanes of at least 4 members (excludes halogenated alkanes) is 1. The van der Waals surface area contributed by atoms with E-state index in [0.29, 0.717) is 6.61 Å². The zero-order chi connectivity index (χ0) is 15.8. The lowest BCUT2D eigenvalue weighted by Gasteiger charge is -2.34. The fourth-order valence-corrected chi connectivity index (χ4v) is 2.77. The fourth-order valence-electron chi connectivity index (χ4n) is 2.77. The van der Waals surface area contributed by atoms with Crippen LogP contribution in [0.3, 0.4) is 0 Å². The van der Waals surface area contributed by atoms with Gasteiger partial charge in [0.25, 0.3) is 0 Å². The van der Waals surface area contributed by atoms with Crippen molar-refractivity contribution >= 4 is 0 Å². The van der Waals surface area contributed by atoms with Crippen LogP contribution in [0.2, 0.25) is 0 Å². The Kier molecular flexibility index (Phi) is 6.96. The molecule has 0 bridgehead atoms. The Morgan fingerprint density at radius 2 is 2.05 bits per heavy atom. The number of aliphatic hydroxyl groups excluding tert-OH is 1. The molecule has 1 aromatic carbocycles. The maximum Gasteiger partial charge on any atom is 0.161 e. The first-order valence-corrected chi connectivity index (χ1v) is 8.16. The van der Waals surface area contributed by atoms with Crippen LogP contribution in [0.1, 0.15) is 31.4 Å². The summed E-state index contributed by atoms with van der Waals surface area (Å²) in [7, 11) is 1.65. The van der Waals surface area contributed by atoms with E-state index in [-0.39, 0.29) is 12.6 Å². The first-order valence-electron chi connectivity index (χ1n) is 8.16. The molecule has 5 heteroatoms. The van der Waals surface area contributed by atoms with Crippen LogP contribution in [-0.2, 0) is 0 Å². The van der Waals surface area contributed by atoms with Crippen molar-refractivity contribution in [1.29, 1.82) is 0 Å². The van der Waals surface area contributed by atoms with E-state index in [1.165, 1.54) is 0 Å². The number of nitrogens with one attached hydrogen (secondary N) is 1. The number of ether oxygens (including phenoxy) is 2. The number of rotatable bonds is 8. The van der Waals surface area contributed by atoms with Gasteiger partial charge in [-0.3, -0.25) is 4.90 Å². The zero-order valence-corrected chi connectivity index (χ0v) is 13.7. The molecule has 1 unspecified atom stereocenters. The SMILES string of the molecule is CCCCOc1cc(C(CO)N2CCNCC2)ccc1OC. The molecule has 1 aromatic rings. The van der Waals surface area contributed by atoms with Crippen molar-refractivity contribution < 1.29 is 14.6 Å². The first-order chi connectivity index (χ1) is 10.8. The van der Waals surface area contributed by atoms with Crippen LogP contribution < -0.4 is 14.8 Å². The van der Waals surface area contributed by atoms with Crippen molar-refractivity contribution in [3.05, 3.63) is 23.8 Å². The van der Waals surface area contributed by atoms with Gasteiger partial charge < -0.3 is 19.9 Å². The average molecular weight is 308 g/mol. The fraction of sp³-hybridized carbons (Fsp3) is 0.647. The molecule has 1 aliphatic heterocycles. The van der Waals surface area contributed by atoms with E-state index in [4.69, 9.17) is 9.47 Å². The van der Waals surface area contributed by atoms with Crippen molar-refractivity contribution in [2.75, 3.05) is 46.5 Å². The maximum atomic E-state index is 9.83. The second-order valence-electron chi connectivity index (χ2n) is 5.60. The molecule has 1 fully saturated rings. The van der Waals surface area contributed by atoms with E-state index in [1.54, 1.807) is 7.11 Å². The standard InChI is InChI=1S/C17H28N2O3/c1-3-4-11-22-17-12-14(5-6-16(17)21-2)15(13-20)19-9-7-18-8-10-19/h5-6,12,15,18,20H,3-4,7-11,13H2,1-2H3. The van der Waals surface area contributed by atoms with E-state index >= 15 is 0 Å². The molecule has 1 aliphatic rings. The molecular formula is C17H28N2O3. The third-order valence-corrected chi connectivity index (χ3v) is 4.09. The second kappa shape index (κ2) is 8.98. The van der Waals surface area contributed by atoms with Crippen LogP contribution >= 0.6 is 0 Å². The summed E-state index contributed by atoms with van der Waals surface area (Å²) in [4.78, 5) is 2.31. The Morgan fingerprint density at radius 3 is 2.68 bits per heavy atom. The Balaban J connectivity index is 2.15. The smallest absolute Gasteiger partial charge is 0.161 e. The van der Waals surface area contributed by atoms with E-state index < -0.39 is 0 Å². The van der Waals surface area contributed by atoms with Crippen LogP contribution in [0.15, 0.2) is 18.2 Å². The molecule has 0 aliphatic carbocycles. The second-order valence-corrected chi connectivity index (χ2v) is 5.60. The van der Waals surface area contributed by atoms with Gasteiger partial charge in [0.05, 0.1) is 26.4 Å². The lowest BCUT2D eigenvalue weighted by atomic mass is 10.0. The normalized spacial score (nSPS) is 17.2. The topological polar surface area (TPSA) is 54.0 Å². The van der Waals surface area contributed by atoms with Gasteiger partial charge in [0, 0.05) is 26.2 Å². The van der Waals surface area contributed by atoms with Crippen molar-refractivity contribution in [3.8, 4) is 11.5 Å². The van der Waals surface area contributed by atoms with Crippen LogP contribution in [0, 0.1) is 0 Å². The molecule has 22 heavy (non-hydrogen) atoms. The van der Waals surface area contributed by atoms with Gasteiger partial charge in [-0.2, -0.15) is 0 Å². The highest BCUT2D eigenvalue weighted by atomic mass is 16.5. The molecule has 1 saturated heterocycles. The number of methoxy groups -OCH3 is 1. The summed E-state index contributed by atoms with van der Waals surface area (Å²) >= 11 is 0. The maximum absolute atomic E-state index is 9.83. The lowest BCUT2D eigenvalue weighted by molar-refractivity contribution is 0.110. The number of hydrogen-bond donors (Lipinski definition) is 2. The van der Waals surface area contributed by atoms with Crippen LogP contribution in [0.4, 0.5) is 0 Å². The van der Waals surface area contributed by atoms with Gasteiger partial charge in [-0.05, 0) is 24.1 Å². The monoisotopic (exact) mass is 308 g/mol. The molecule has 2 N–H and O–H groups in total. The molecule has 124 valence electrons. The van der Waals surface area contributed by atoms with Gasteiger partial charge in [0.15, 0.2) is 11.5 Å². The molecule has 0 saturated carbocycles. The Morgan fingerprint density at radius 1 is 1.27 bits per heavy atom. The molecule has 5 nitrogen and oxygen atoms in total. The van der Waals surface area contributed by atoms with Gasteiger partial charge in [-0.1, -0.05) is 19.4 Å². The lowest BCUT2D eigenvalue weighted by Crippen LogP contribution is -2.46. The minimum Gasteiger partial charge on any atom is -0.493 e. The van der Waals surface area contributed by atoms with Crippen LogP contribution in [-0.4, -0.2) is 56.5 Å². The Bertz CT molecular complexity index is 448. The van der Waals surface area contributed by atoms with Gasteiger partial charge >= 0.3 is 0 Å². The summed E-state index contributed by atoms with van der Waals surface area (Å²) < 4.78 is 11.2. The Labute approximate surface area is 133 Å². The zero-order valence-electron chi connectivity index (χ0n) is 13.7. The molecular weight excluding hydrogens is 280 g/mol. The summed E-state index contributed by atoms with van der Waals surface area (Å²) in [5, 5.41) is 13.2. The highest BCUT2D eigenvalue weighted by molar-refractivity contribution is 5.44.